The second-order valence-corrected chi connectivity index (χ2v) is 7.74. The molecule has 1 fully saturated rings. The number of rotatable bonds is 6. The summed E-state index contributed by atoms with van der Waals surface area (Å²) in [6.45, 7) is 2.31. The van der Waals surface area contributed by atoms with E-state index in [4.69, 9.17) is 4.74 Å². The Kier molecular flexibility index (Phi) is 7.30. The summed E-state index contributed by atoms with van der Waals surface area (Å²) in [5.74, 6) is -0.358. The molecule has 3 rings (SSSR count). The lowest BCUT2D eigenvalue weighted by Gasteiger charge is -2.31. The molecule has 1 N–H and O–H groups in total. The Balaban J connectivity index is 1.79. The van der Waals surface area contributed by atoms with Crippen molar-refractivity contribution in [3.63, 3.8) is 0 Å². The molecule has 1 heterocycles. The molecule has 1 unspecified atom stereocenters. The highest BCUT2D eigenvalue weighted by molar-refractivity contribution is 8.15. The third-order valence-corrected chi connectivity index (χ3v) is 5.81. The topological polar surface area (TPSA) is 97.3 Å². The highest BCUT2D eigenvalue weighted by atomic mass is 32.2. The molecule has 1 aliphatic rings. The van der Waals surface area contributed by atoms with Crippen molar-refractivity contribution in [2.45, 2.75) is 18.6 Å². The summed E-state index contributed by atoms with van der Waals surface area (Å²) < 4.78 is 10.0. The van der Waals surface area contributed by atoms with Gasteiger partial charge in [-0.15, -0.1) is 0 Å². The number of para-hydroxylation sites is 2. The van der Waals surface area contributed by atoms with Crippen LogP contribution in [0.2, 0.25) is 0 Å². The number of carbonyl (C=O) groups is 3. The van der Waals surface area contributed by atoms with Crippen molar-refractivity contribution in [3.8, 4) is 5.75 Å². The standard InChI is InChI=1S/C22H23N3O5S/c1-4-25-19(26)13-18(31-22(25)24-16-7-5-6-8-17(16)29-2)20(27)23-15-11-9-14(10-12-15)21(28)30-3/h5-12,18H,4,13H2,1-3H3,(H,23,27). The highest BCUT2D eigenvalue weighted by Gasteiger charge is 2.35. The average Bonchev–Trinajstić information content (AvgIpc) is 2.79. The maximum Gasteiger partial charge on any atom is 0.337 e. The predicted molar refractivity (Wildman–Crippen MR) is 120 cm³/mol. The van der Waals surface area contributed by atoms with Crippen molar-refractivity contribution in [2.75, 3.05) is 26.1 Å². The largest absolute Gasteiger partial charge is 0.494 e. The second kappa shape index (κ2) is 10.1. The molecule has 8 nitrogen and oxygen atoms in total. The molecule has 2 aromatic rings. The average molecular weight is 442 g/mol. The minimum Gasteiger partial charge on any atom is -0.494 e. The number of hydrogen-bond donors (Lipinski definition) is 1. The van der Waals surface area contributed by atoms with Gasteiger partial charge in [0, 0.05) is 18.7 Å². The van der Waals surface area contributed by atoms with E-state index in [0.717, 1.165) is 0 Å². The van der Waals surface area contributed by atoms with Crippen LogP contribution in [-0.2, 0) is 14.3 Å². The Morgan fingerprint density at radius 1 is 1.16 bits per heavy atom. The van der Waals surface area contributed by atoms with Crippen LogP contribution in [0.5, 0.6) is 5.75 Å². The van der Waals surface area contributed by atoms with E-state index in [2.05, 4.69) is 15.0 Å². The smallest absolute Gasteiger partial charge is 0.337 e. The summed E-state index contributed by atoms with van der Waals surface area (Å²) in [5.41, 5.74) is 1.48. The first-order valence-corrected chi connectivity index (χ1v) is 10.5. The highest BCUT2D eigenvalue weighted by Crippen LogP contribution is 2.33. The van der Waals surface area contributed by atoms with Gasteiger partial charge >= 0.3 is 5.97 Å². The lowest BCUT2D eigenvalue weighted by atomic mass is 10.2. The third-order valence-electron chi connectivity index (χ3n) is 4.62. The quantitative estimate of drug-likeness (QED) is 0.690. The molecular weight excluding hydrogens is 418 g/mol. The number of aliphatic imine (C=N–C) groups is 1. The van der Waals surface area contributed by atoms with E-state index in [1.165, 1.54) is 18.9 Å². The van der Waals surface area contributed by atoms with Crippen LogP contribution in [0.25, 0.3) is 0 Å². The first-order chi connectivity index (χ1) is 15.0. The van der Waals surface area contributed by atoms with Gasteiger partial charge in [-0.25, -0.2) is 9.79 Å². The van der Waals surface area contributed by atoms with E-state index < -0.39 is 11.2 Å². The van der Waals surface area contributed by atoms with Gasteiger partial charge in [-0.3, -0.25) is 14.5 Å². The molecule has 1 saturated heterocycles. The molecule has 9 heteroatoms. The third kappa shape index (κ3) is 5.24. The van der Waals surface area contributed by atoms with Gasteiger partial charge in [0.15, 0.2) is 5.17 Å². The number of amides is 2. The van der Waals surface area contributed by atoms with Crippen LogP contribution in [-0.4, -0.2) is 53.9 Å². The molecular formula is C22H23N3O5S. The number of nitrogens with zero attached hydrogens (tertiary/aromatic N) is 2. The minimum atomic E-state index is -0.635. The van der Waals surface area contributed by atoms with E-state index in [1.807, 2.05) is 19.1 Å². The molecule has 0 aromatic heterocycles. The SMILES string of the molecule is CCN1C(=O)CC(C(=O)Nc2ccc(C(=O)OC)cc2)SC1=Nc1ccccc1OC. The van der Waals surface area contributed by atoms with Crippen LogP contribution in [0, 0.1) is 0 Å². The molecule has 162 valence electrons. The van der Waals surface area contributed by atoms with Crippen molar-refractivity contribution < 1.29 is 23.9 Å². The van der Waals surface area contributed by atoms with E-state index in [9.17, 15) is 14.4 Å². The van der Waals surface area contributed by atoms with E-state index in [1.54, 1.807) is 48.4 Å². The molecule has 2 aromatic carbocycles. The zero-order valence-electron chi connectivity index (χ0n) is 17.5. The number of nitrogens with one attached hydrogen (secondary N) is 1. The van der Waals surface area contributed by atoms with E-state index >= 15 is 0 Å². The Hall–Kier alpha value is -3.33. The Labute approximate surface area is 184 Å². The summed E-state index contributed by atoms with van der Waals surface area (Å²) in [6, 6.07) is 13.6. The van der Waals surface area contributed by atoms with Crippen molar-refractivity contribution in [1.29, 1.82) is 0 Å². The number of methoxy groups -OCH3 is 2. The zero-order valence-corrected chi connectivity index (χ0v) is 18.3. The number of thioether (sulfide) groups is 1. The molecule has 0 spiro atoms. The number of esters is 1. The molecule has 0 bridgehead atoms. The lowest BCUT2D eigenvalue weighted by Crippen LogP contribution is -2.45. The van der Waals surface area contributed by atoms with Crippen molar-refractivity contribution in [2.24, 2.45) is 4.99 Å². The van der Waals surface area contributed by atoms with Gasteiger partial charge in [-0.2, -0.15) is 0 Å². The zero-order chi connectivity index (χ0) is 22.4. The van der Waals surface area contributed by atoms with Gasteiger partial charge in [0.2, 0.25) is 11.8 Å². The summed E-state index contributed by atoms with van der Waals surface area (Å²) in [7, 11) is 2.86. The van der Waals surface area contributed by atoms with Crippen LogP contribution in [0.4, 0.5) is 11.4 Å². The Morgan fingerprint density at radius 2 is 1.87 bits per heavy atom. The summed E-state index contributed by atoms with van der Waals surface area (Å²) in [5, 5.41) is 2.61. The predicted octanol–water partition coefficient (Wildman–Crippen LogP) is 3.46. The van der Waals surface area contributed by atoms with E-state index in [-0.39, 0.29) is 18.2 Å². The summed E-state index contributed by atoms with van der Waals surface area (Å²) in [6.07, 6.45) is 0.0650. The second-order valence-electron chi connectivity index (χ2n) is 6.57. The number of hydrogen-bond acceptors (Lipinski definition) is 7. The number of anilines is 1. The molecule has 2 amide bonds. The fraction of sp³-hybridized carbons (Fsp3) is 0.273. The monoisotopic (exact) mass is 441 g/mol. The summed E-state index contributed by atoms with van der Waals surface area (Å²) in [4.78, 5) is 43.2. The molecule has 0 radical (unpaired) electrons. The molecule has 0 saturated carbocycles. The van der Waals surface area contributed by atoms with Gasteiger partial charge < -0.3 is 14.8 Å². The number of ether oxygens (including phenoxy) is 2. The minimum absolute atomic E-state index is 0.0650. The van der Waals surface area contributed by atoms with Crippen LogP contribution < -0.4 is 10.1 Å². The molecule has 31 heavy (non-hydrogen) atoms. The maximum absolute atomic E-state index is 12.8. The van der Waals surface area contributed by atoms with Crippen molar-refractivity contribution in [1.82, 2.24) is 4.90 Å². The Morgan fingerprint density at radius 3 is 2.52 bits per heavy atom. The summed E-state index contributed by atoms with van der Waals surface area (Å²) >= 11 is 1.23. The fourth-order valence-electron chi connectivity index (χ4n) is 3.01. The number of carbonyl (C=O) groups excluding carboxylic acids is 3. The lowest BCUT2D eigenvalue weighted by molar-refractivity contribution is -0.129. The fourth-order valence-corrected chi connectivity index (χ4v) is 4.16. The normalized spacial score (nSPS) is 17.4. The van der Waals surface area contributed by atoms with Crippen LogP contribution >= 0.6 is 11.8 Å². The first-order valence-electron chi connectivity index (χ1n) is 9.64. The maximum atomic E-state index is 12.8. The van der Waals surface area contributed by atoms with Crippen molar-refractivity contribution >= 4 is 46.1 Å². The van der Waals surface area contributed by atoms with Crippen LogP contribution in [0.15, 0.2) is 53.5 Å². The van der Waals surface area contributed by atoms with E-state index in [0.29, 0.717) is 34.4 Å². The van der Waals surface area contributed by atoms with Gasteiger partial charge in [0.1, 0.15) is 16.7 Å². The number of amidine groups is 1. The van der Waals surface area contributed by atoms with Crippen LogP contribution in [0.3, 0.4) is 0 Å². The molecule has 1 aliphatic heterocycles. The van der Waals surface area contributed by atoms with Gasteiger partial charge in [-0.1, -0.05) is 23.9 Å². The molecule has 1 atom stereocenters. The van der Waals surface area contributed by atoms with Gasteiger partial charge in [0.05, 0.1) is 19.8 Å². The van der Waals surface area contributed by atoms with Gasteiger partial charge in [-0.05, 0) is 43.3 Å². The van der Waals surface area contributed by atoms with Crippen LogP contribution in [0.1, 0.15) is 23.7 Å². The van der Waals surface area contributed by atoms with Crippen molar-refractivity contribution in [3.05, 3.63) is 54.1 Å². The Bertz CT molecular complexity index is 1010. The molecule has 0 aliphatic carbocycles. The first kappa shape index (κ1) is 22.4. The number of benzene rings is 2. The van der Waals surface area contributed by atoms with Gasteiger partial charge in [0.25, 0.3) is 0 Å².